The first kappa shape index (κ1) is 26.7. The van der Waals surface area contributed by atoms with E-state index in [1.165, 1.54) is 4.90 Å². The molecule has 1 atom stereocenters. The molecule has 0 spiro atoms. The van der Waals surface area contributed by atoms with Crippen molar-refractivity contribution in [2.45, 2.75) is 72.0 Å². The predicted molar refractivity (Wildman–Crippen MR) is 140 cm³/mol. The van der Waals surface area contributed by atoms with E-state index in [-0.39, 0.29) is 25.0 Å². The molecule has 1 aliphatic rings. The Morgan fingerprint density at radius 1 is 1.00 bits per heavy atom. The molecule has 7 nitrogen and oxygen atoms in total. The molecule has 3 rings (SSSR count). The van der Waals surface area contributed by atoms with Gasteiger partial charge in [0, 0.05) is 12.6 Å². The van der Waals surface area contributed by atoms with Crippen LogP contribution in [0.4, 0.5) is 5.69 Å². The number of anilines is 1. The van der Waals surface area contributed by atoms with E-state index in [0.717, 1.165) is 58.5 Å². The van der Waals surface area contributed by atoms with Gasteiger partial charge in [-0.15, -0.1) is 0 Å². The second-order valence-corrected chi connectivity index (χ2v) is 11.6. The highest BCUT2D eigenvalue weighted by Crippen LogP contribution is 2.23. The van der Waals surface area contributed by atoms with Gasteiger partial charge in [0.1, 0.15) is 12.6 Å². The van der Waals surface area contributed by atoms with Crippen LogP contribution in [0.2, 0.25) is 0 Å². The maximum atomic E-state index is 13.7. The Balaban J connectivity index is 1.90. The summed E-state index contributed by atoms with van der Waals surface area (Å²) in [7, 11) is -3.74. The van der Waals surface area contributed by atoms with Crippen molar-refractivity contribution >= 4 is 27.5 Å². The van der Waals surface area contributed by atoms with E-state index < -0.39 is 22.0 Å². The molecule has 35 heavy (non-hydrogen) atoms. The summed E-state index contributed by atoms with van der Waals surface area (Å²) in [5.74, 6) is -0.637. The molecule has 1 unspecified atom stereocenters. The normalized spacial score (nSPS) is 15.0. The number of carbonyl (C=O) groups is 2. The van der Waals surface area contributed by atoms with E-state index in [4.69, 9.17) is 0 Å². The first-order valence-electron chi connectivity index (χ1n) is 12.2. The molecular formula is C27H37N3O4S. The number of nitrogens with zero attached hydrogens (tertiary/aromatic N) is 2. The number of nitrogens with one attached hydrogen (secondary N) is 1. The van der Waals surface area contributed by atoms with Crippen molar-refractivity contribution in [3.63, 3.8) is 0 Å². The molecule has 8 heteroatoms. The van der Waals surface area contributed by atoms with E-state index >= 15 is 0 Å². The van der Waals surface area contributed by atoms with Crippen LogP contribution < -0.4 is 9.62 Å². The quantitative estimate of drug-likeness (QED) is 0.568. The third-order valence-corrected chi connectivity index (χ3v) is 8.07. The number of aryl methyl sites for hydroxylation is 3. The Kier molecular flexibility index (Phi) is 8.59. The Morgan fingerprint density at radius 3 is 2.26 bits per heavy atom. The van der Waals surface area contributed by atoms with E-state index in [0.29, 0.717) is 5.69 Å². The molecule has 2 aromatic carbocycles. The highest BCUT2D eigenvalue weighted by atomic mass is 32.2. The van der Waals surface area contributed by atoms with E-state index in [1.807, 2.05) is 51.1 Å². The van der Waals surface area contributed by atoms with Gasteiger partial charge in [-0.2, -0.15) is 0 Å². The minimum Gasteiger partial charge on any atom is -0.352 e. The molecular weight excluding hydrogens is 462 g/mol. The maximum absolute atomic E-state index is 13.7. The van der Waals surface area contributed by atoms with E-state index in [2.05, 4.69) is 5.32 Å². The van der Waals surface area contributed by atoms with Crippen LogP contribution in [0.25, 0.3) is 0 Å². The zero-order chi connectivity index (χ0) is 25.8. The molecule has 190 valence electrons. The summed E-state index contributed by atoms with van der Waals surface area (Å²) in [6.45, 7) is 7.36. The molecule has 0 radical (unpaired) electrons. The van der Waals surface area contributed by atoms with Crippen LogP contribution in [0.15, 0.2) is 42.5 Å². The van der Waals surface area contributed by atoms with Gasteiger partial charge in [0.05, 0.1) is 11.9 Å². The van der Waals surface area contributed by atoms with Crippen LogP contribution >= 0.6 is 0 Å². The Hall–Kier alpha value is -2.87. The van der Waals surface area contributed by atoms with Gasteiger partial charge < -0.3 is 10.2 Å². The second-order valence-electron chi connectivity index (χ2n) is 9.65. The van der Waals surface area contributed by atoms with Crippen LogP contribution in [-0.2, 0) is 26.2 Å². The average molecular weight is 500 g/mol. The molecule has 0 heterocycles. The number of rotatable bonds is 9. The zero-order valence-corrected chi connectivity index (χ0v) is 22.2. The van der Waals surface area contributed by atoms with Gasteiger partial charge in [0.15, 0.2) is 0 Å². The van der Waals surface area contributed by atoms with Crippen molar-refractivity contribution in [2.24, 2.45) is 0 Å². The van der Waals surface area contributed by atoms with Gasteiger partial charge in [-0.3, -0.25) is 13.9 Å². The van der Waals surface area contributed by atoms with Crippen LogP contribution in [0.1, 0.15) is 54.9 Å². The van der Waals surface area contributed by atoms with Crippen molar-refractivity contribution < 1.29 is 18.0 Å². The second kappa shape index (κ2) is 11.2. The van der Waals surface area contributed by atoms with Gasteiger partial charge in [-0.1, -0.05) is 43.2 Å². The van der Waals surface area contributed by atoms with Crippen molar-refractivity contribution in [1.29, 1.82) is 0 Å². The summed E-state index contributed by atoms with van der Waals surface area (Å²) in [4.78, 5) is 28.3. The fraction of sp³-hybridized carbons (Fsp3) is 0.481. The number of amides is 2. The molecule has 0 aromatic heterocycles. The smallest absolute Gasteiger partial charge is 0.244 e. The third kappa shape index (κ3) is 6.84. The monoisotopic (exact) mass is 499 g/mol. The minimum atomic E-state index is -3.74. The Bertz CT molecular complexity index is 1170. The number of hydrogen-bond donors (Lipinski definition) is 1. The van der Waals surface area contributed by atoms with Crippen LogP contribution in [0.3, 0.4) is 0 Å². The largest absolute Gasteiger partial charge is 0.352 e. The Morgan fingerprint density at radius 2 is 1.66 bits per heavy atom. The zero-order valence-electron chi connectivity index (χ0n) is 21.4. The molecule has 2 aromatic rings. The van der Waals surface area contributed by atoms with E-state index in [9.17, 15) is 18.0 Å². The number of carbonyl (C=O) groups excluding carboxylic acids is 2. The lowest BCUT2D eigenvalue weighted by Crippen LogP contribution is -2.52. The van der Waals surface area contributed by atoms with Crippen LogP contribution in [-0.4, -0.2) is 50.0 Å². The summed E-state index contributed by atoms with van der Waals surface area (Å²) in [5.41, 5.74) is 4.32. The number of sulfonamides is 1. The highest BCUT2D eigenvalue weighted by Gasteiger charge is 2.31. The van der Waals surface area contributed by atoms with Gasteiger partial charge >= 0.3 is 0 Å². The molecule has 1 aliphatic carbocycles. The van der Waals surface area contributed by atoms with Gasteiger partial charge in [0.25, 0.3) is 0 Å². The topological polar surface area (TPSA) is 86.8 Å². The van der Waals surface area contributed by atoms with E-state index in [1.54, 1.807) is 19.1 Å². The third-order valence-electron chi connectivity index (χ3n) is 6.93. The lowest BCUT2D eigenvalue weighted by molar-refractivity contribution is -0.139. The molecule has 1 N–H and O–H groups in total. The Labute approximate surface area is 209 Å². The number of benzene rings is 2. The summed E-state index contributed by atoms with van der Waals surface area (Å²) < 4.78 is 26.5. The van der Waals surface area contributed by atoms with Gasteiger partial charge in [0.2, 0.25) is 21.8 Å². The summed E-state index contributed by atoms with van der Waals surface area (Å²) >= 11 is 0. The first-order valence-corrected chi connectivity index (χ1v) is 14.0. The molecule has 2 amide bonds. The summed E-state index contributed by atoms with van der Waals surface area (Å²) in [6.07, 6.45) is 5.16. The standard InChI is InChI=1S/C27H37N3O4S/c1-19-14-15-25(16-21(19)3)30(35(5,33)34)18-26(31)29(17-23-11-7-6-10-20(23)2)22(4)27(32)28-24-12-8-9-13-24/h6-7,10-11,14-16,22,24H,8-9,12-13,17-18H2,1-5H3,(H,28,32). The van der Waals surface area contributed by atoms with Crippen molar-refractivity contribution in [3.05, 3.63) is 64.7 Å². The average Bonchev–Trinajstić information content (AvgIpc) is 3.30. The fourth-order valence-corrected chi connectivity index (χ4v) is 5.28. The summed E-state index contributed by atoms with van der Waals surface area (Å²) in [5, 5.41) is 3.08. The minimum absolute atomic E-state index is 0.128. The predicted octanol–water partition coefficient (Wildman–Crippen LogP) is 3.85. The molecule has 0 bridgehead atoms. The van der Waals surface area contributed by atoms with Crippen molar-refractivity contribution in [3.8, 4) is 0 Å². The molecule has 1 saturated carbocycles. The fourth-order valence-electron chi connectivity index (χ4n) is 4.44. The van der Waals surface area contributed by atoms with Crippen LogP contribution in [0, 0.1) is 20.8 Å². The van der Waals surface area contributed by atoms with Crippen LogP contribution in [0.5, 0.6) is 0 Å². The lowest BCUT2D eigenvalue weighted by Gasteiger charge is -2.32. The maximum Gasteiger partial charge on any atom is 0.244 e. The SMILES string of the molecule is Cc1ccc(N(CC(=O)N(Cc2ccccc2C)C(C)C(=O)NC2CCCC2)S(C)(=O)=O)cc1C. The van der Waals surface area contributed by atoms with Gasteiger partial charge in [-0.05, 0) is 74.9 Å². The molecule has 1 fully saturated rings. The highest BCUT2D eigenvalue weighted by molar-refractivity contribution is 7.92. The summed E-state index contributed by atoms with van der Waals surface area (Å²) in [6, 6.07) is 12.4. The van der Waals surface area contributed by atoms with Gasteiger partial charge in [-0.25, -0.2) is 8.42 Å². The van der Waals surface area contributed by atoms with Crippen molar-refractivity contribution in [2.75, 3.05) is 17.1 Å². The molecule has 0 saturated heterocycles. The molecule has 0 aliphatic heterocycles. The lowest BCUT2D eigenvalue weighted by atomic mass is 10.1. The first-order chi connectivity index (χ1) is 16.5. The van der Waals surface area contributed by atoms with Crippen molar-refractivity contribution in [1.82, 2.24) is 10.2 Å². The number of hydrogen-bond acceptors (Lipinski definition) is 4.